The van der Waals surface area contributed by atoms with Crippen LogP contribution in [0, 0.1) is 0 Å². The average Bonchev–Trinajstić information content (AvgIpc) is 2.35. The van der Waals surface area contributed by atoms with Gasteiger partial charge in [0.1, 0.15) is 0 Å². The van der Waals surface area contributed by atoms with E-state index in [2.05, 4.69) is 5.32 Å². The molecule has 4 nitrogen and oxygen atoms in total. The monoisotopic (exact) mass is 271 g/mol. The first-order chi connectivity index (χ1) is 8.63. The number of nitrogens with one attached hydrogen (secondary N) is 1. The number of benzene rings is 1. The summed E-state index contributed by atoms with van der Waals surface area (Å²) in [6.07, 6.45) is -0.300. The molecule has 0 heterocycles. The first kappa shape index (κ1) is 15.0. The highest BCUT2D eigenvalue weighted by Crippen LogP contribution is 2.15. The number of rotatable bonds is 7. The molecule has 2 N–H and O–H groups in total. The lowest BCUT2D eigenvalue weighted by Gasteiger charge is -2.12. The van der Waals surface area contributed by atoms with Crippen LogP contribution in [0.2, 0.25) is 5.02 Å². The molecule has 1 atom stereocenters. The predicted octanol–water partition coefficient (Wildman–Crippen LogP) is 1.92. The van der Waals surface area contributed by atoms with E-state index in [0.29, 0.717) is 31.1 Å². The molecule has 0 fully saturated rings. The van der Waals surface area contributed by atoms with Gasteiger partial charge in [-0.15, -0.1) is 0 Å². The van der Waals surface area contributed by atoms with Gasteiger partial charge in [-0.2, -0.15) is 0 Å². The molecule has 0 radical (unpaired) electrons. The van der Waals surface area contributed by atoms with Crippen LogP contribution in [0.25, 0.3) is 0 Å². The van der Waals surface area contributed by atoms with E-state index in [0.717, 1.165) is 5.56 Å². The number of carbonyl (C=O) groups is 1. The maximum absolute atomic E-state index is 11.1. The first-order valence-electron chi connectivity index (χ1n) is 5.93. The second-order valence-electron chi connectivity index (χ2n) is 3.83. The summed E-state index contributed by atoms with van der Waals surface area (Å²) in [5.41, 5.74) is 0.794. The molecule has 0 bridgehead atoms. The van der Waals surface area contributed by atoms with E-state index in [1.807, 2.05) is 0 Å². The van der Waals surface area contributed by atoms with Gasteiger partial charge in [0.15, 0.2) is 0 Å². The van der Waals surface area contributed by atoms with Crippen LogP contribution in [0.4, 0.5) is 0 Å². The summed E-state index contributed by atoms with van der Waals surface area (Å²) in [6.45, 7) is 3.05. The van der Waals surface area contributed by atoms with Crippen molar-refractivity contribution in [2.75, 3.05) is 19.7 Å². The molecule has 0 saturated carbocycles. The van der Waals surface area contributed by atoms with Gasteiger partial charge >= 0.3 is 5.97 Å². The number of hydrogen-bond acceptors (Lipinski definition) is 4. The predicted molar refractivity (Wildman–Crippen MR) is 70.5 cm³/mol. The summed E-state index contributed by atoms with van der Waals surface area (Å²) in [6, 6.07) is 7.03. The molecule has 0 aliphatic carbocycles. The minimum atomic E-state index is -0.607. The van der Waals surface area contributed by atoms with Crippen LogP contribution in [0.5, 0.6) is 0 Å². The Morgan fingerprint density at radius 3 is 2.72 bits per heavy atom. The Hall–Kier alpha value is -1.10. The number of hydrogen-bond donors (Lipinski definition) is 2. The maximum Gasteiger partial charge on any atom is 0.307 e. The van der Waals surface area contributed by atoms with E-state index < -0.39 is 6.10 Å². The Balaban J connectivity index is 2.23. The number of ether oxygens (including phenoxy) is 1. The number of esters is 1. The van der Waals surface area contributed by atoms with Crippen molar-refractivity contribution in [2.45, 2.75) is 19.4 Å². The lowest BCUT2D eigenvalue weighted by molar-refractivity contribution is -0.143. The summed E-state index contributed by atoms with van der Waals surface area (Å²) in [7, 11) is 0. The molecule has 0 amide bonds. The summed E-state index contributed by atoms with van der Waals surface area (Å²) in [5, 5.41) is 13.5. The van der Waals surface area contributed by atoms with Crippen LogP contribution in [0.3, 0.4) is 0 Å². The molecule has 5 heteroatoms. The summed E-state index contributed by atoms with van der Waals surface area (Å²) >= 11 is 5.76. The van der Waals surface area contributed by atoms with Gasteiger partial charge in [-0.05, 0) is 24.6 Å². The van der Waals surface area contributed by atoms with Crippen LogP contribution >= 0.6 is 11.6 Å². The highest BCUT2D eigenvalue weighted by atomic mass is 35.5. The fourth-order valence-corrected chi connectivity index (χ4v) is 1.59. The van der Waals surface area contributed by atoms with E-state index in [1.54, 1.807) is 31.2 Å². The smallest absolute Gasteiger partial charge is 0.307 e. The fraction of sp³-hybridized carbons (Fsp3) is 0.462. The molecule has 100 valence electrons. The van der Waals surface area contributed by atoms with Crippen LogP contribution in [-0.4, -0.2) is 30.8 Å². The van der Waals surface area contributed by atoms with Gasteiger partial charge in [0.05, 0.1) is 19.1 Å². The van der Waals surface area contributed by atoms with Gasteiger partial charge < -0.3 is 15.2 Å². The van der Waals surface area contributed by atoms with Crippen molar-refractivity contribution in [3.8, 4) is 0 Å². The third-order valence-corrected chi connectivity index (χ3v) is 2.66. The van der Waals surface area contributed by atoms with Crippen molar-refractivity contribution in [3.63, 3.8) is 0 Å². The highest BCUT2D eigenvalue weighted by Gasteiger charge is 2.07. The van der Waals surface area contributed by atoms with Gasteiger partial charge in [-0.3, -0.25) is 4.79 Å². The van der Waals surface area contributed by atoms with Crippen molar-refractivity contribution in [2.24, 2.45) is 0 Å². The van der Waals surface area contributed by atoms with Gasteiger partial charge in [0.2, 0.25) is 0 Å². The largest absolute Gasteiger partial charge is 0.466 e. The third-order valence-electron chi connectivity index (χ3n) is 2.40. The minimum Gasteiger partial charge on any atom is -0.466 e. The number of halogens is 1. The zero-order valence-electron chi connectivity index (χ0n) is 10.4. The average molecular weight is 272 g/mol. The zero-order valence-corrected chi connectivity index (χ0v) is 11.1. The maximum atomic E-state index is 11.1. The Kier molecular flexibility index (Phi) is 6.72. The van der Waals surface area contributed by atoms with Crippen molar-refractivity contribution < 1.29 is 14.6 Å². The SMILES string of the molecule is CCOC(=O)CCNCC(O)c1ccc(Cl)cc1. The number of aliphatic hydroxyl groups excluding tert-OH is 1. The van der Waals surface area contributed by atoms with E-state index >= 15 is 0 Å². The van der Waals surface area contributed by atoms with Crippen molar-refractivity contribution in [3.05, 3.63) is 34.9 Å². The van der Waals surface area contributed by atoms with Crippen LogP contribution < -0.4 is 5.32 Å². The van der Waals surface area contributed by atoms with Crippen LogP contribution in [0.15, 0.2) is 24.3 Å². The normalized spacial score (nSPS) is 12.2. The summed E-state index contributed by atoms with van der Waals surface area (Å²) < 4.78 is 4.79. The molecule has 0 aromatic heterocycles. The van der Waals surface area contributed by atoms with Crippen LogP contribution in [-0.2, 0) is 9.53 Å². The Morgan fingerprint density at radius 2 is 2.11 bits per heavy atom. The molecule has 0 saturated heterocycles. The second kappa shape index (κ2) is 8.08. The third kappa shape index (κ3) is 5.49. The molecule has 1 aromatic carbocycles. The summed E-state index contributed by atoms with van der Waals surface area (Å²) in [5.74, 6) is -0.231. The molecule has 0 spiro atoms. The van der Waals surface area contributed by atoms with E-state index in [4.69, 9.17) is 16.3 Å². The Labute approximate surface area is 112 Å². The van der Waals surface area contributed by atoms with Crippen molar-refractivity contribution >= 4 is 17.6 Å². The quantitative estimate of drug-likeness (QED) is 0.588. The first-order valence-corrected chi connectivity index (χ1v) is 6.31. The van der Waals surface area contributed by atoms with E-state index in [-0.39, 0.29) is 5.97 Å². The molecule has 18 heavy (non-hydrogen) atoms. The lowest BCUT2D eigenvalue weighted by Crippen LogP contribution is -2.24. The zero-order chi connectivity index (χ0) is 13.4. The van der Waals surface area contributed by atoms with Crippen molar-refractivity contribution in [1.82, 2.24) is 5.32 Å². The van der Waals surface area contributed by atoms with E-state index in [1.165, 1.54) is 0 Å². The standard InChI is InChI=1S/C13H18ClNO3/c1-2-18-13(17)7-8-15-9-12(16)10-3-5-11(14)6-4-10/h3-6,12,15-16H,2,7-9H2,1H3. The Morgan fingerprint density at radius 1 is 1.44 bits per heavy atom. The Bertz CT molecular complexity index is 367. The van der Waals surface area contributed by atoms with Crippen LogP contribution in [0.1, 0.15) is 25.0 Å². The molecular formula is C13H18ClNO3. The number of carbonyl (C=O) groups excluding carboxylic acids is 1. The van der Waals surface area contributed by atoms with Gasteiger partial charge in [0.25, 0.3) is 0 Å². The molecule has 1 rings (SSSR count). The lowest BCUT2D eigenvalue weighted by atomic mass is 10.1. The topological polar surface area (TPSA) is 58.6 Å². The number of aliphatic hydroxyl groups is 1. The van der Waals surface area contributed by atoms with Gasteiger partial charge in [-0.1, -0.05) is 23.7 Å². The highest BCUT2D eigenvalue weighted by molar-refractivity contribution is 6.30. The fourth-order valence-electron chi connectivity index (χ4n) is 1.47. The molecule has 0 aliphatic heterocycles. The minimum absolute atomic E-state index is 0.231. The summed E-state index contributed by atoms with van der Waals surface area (Å²) in [4.78, 5) is 11.1. The molecule has 1 unspecified atom stereocenters. The van der Waals surface area contributed by atoms with Gasteiger partial charge in [-0.25, -0.2) is 0 Å². The molecular weight excluding hydrogens is 254 g/mol. The second-order valence-corrected chi connectivity index (χ2v) is 4.26. The molecule has 1 aromatic rings. The molecule has 0 aliphatic rings. The van der Waals surface area contributed by atoms with Gasteiger partial charge in [0, 0.05) is 18.1 Å². The van der Waals surface area contributed by atoms with Crippen molar-refractivity contribution in [1.29, 1.82) is 0 Å². The van der Waals surface area contributed by atoms with E-state index in [9.17, 15) is 9.90 Å².